The average molecular weight is 422 g/mol. The maximum Gasteiger partial charge on any atom is 0.251 e. The van der Waals surface area contributed by atoms with Crippen LogP contribution in [0.25, 0.3) is 10.9 Å². The number of hydrogen-bond acceptors (Lipinski definition) is 3. The van der Waals surface area contributed by atoms with E-state index in [4.69, 9.17) is 0 Å². The zero-order valence-corrected chi connectivity index (χ0v) is 17.4. The fourth-order valence-corrected chi connectivity index (χ4v) is 5.16. The summed E-state index contributed by atoms with van der Waals surface area (Å²) in [6.45, 7) is 0.559. The summed E-state index contributed by atoms with van der Waals surface area (Å²) in [5, 5.41) is 7.15. The van der Waals surface area contributed by atoms with Crippen molar-refractivity contribution in [2.24, 2.45) is 0 Å². The molecule has 0 bridgehead atoms. The molecule has 3 N–H and O–H groups in total. The molecule has 2 amide bonds. The lowest BCUT2D eigenvalue weighted by molar-refractivity contribution is -0.120. The van der Waals surface area contributed by atoms with Crippen molar-refractivity contribution in [1.82, 2.24) is 15.3 Å². The minimum atomic E-state index is -0.615. The summed E-state index contributed by atoms with van der Waals surface area (Å²) in [7, 11) is 0. The van der Waals surface area contributed by atoms with Gasteiger partial charge in [0.25, 0.3) is 5.91 Å². The molecule has 4 aromatic rings. The second-order valence-electron chi connectivity index (χ2n) is 8.64. The molecule has 6 heteroatoms. The van der Waals surface area contributed by atoms with Crippen LogP contribution in [0.1, 0.15) is 32.6 Å². The van der Waals surface area contributed by atoms with E-state index in [0.29, 0.717) is 30.8 Å². The number of hydrogen-bond donors (Lipinski definition) is 3. The molecule has 158 valence electrons. The van der Waals surface area contributed by atoms with Gasteiger partial charge in [-0.2, -0.15) is 0 Å². The van der Waals surface area contributed by atoms with E-state index in [1.165, 1.54) is 10.9 Å². The zero-order valence-electron chi connectivity index (χ0n) is 17.4. The van der Waals surface area contributed by atoms with Crippen molar-refractivity contribution in [2.75, 3.05) is 11.9 Å². The first-order valence-corrected chi connectivity index (χ1v) is 10.9. The van der Waals surface area contributed by atoms with Gasteiger partial charge in [0.1, 0.15) is 5.82 Å². The van der Waals surface area contributed by atoms with Crippen LogP contribution >= 0.6 is 0 Å². The molecule has 1 spiro atoms. The molecular weight excluding hydrogens is 400 g/mol. The van der Waals surface area contributed by atoms with Gasteiger partial charge in [-0.3, -0.25) is 9.59 Å². The number of H-pyrrole nitrogens is 1. The number of aromatic amines is 1. The second-order valence-corrected chi connectivity index (χ2v) is 8.64. The number of anilines is 1. The van der Waals surface area contributed by atoms with Crippen LogP contribution < -0.4 is 10.6 Å². The molecule has 6 nitrogen and oxygen atoms in total. The van der Waals surface area contributed by atoms with E-state index in [1.54, 1.807) is 6.20 Å². The third-order valence-corrected chi connectivity index (χ3v) is 6.80. The Balaban J connectivity index is 1.17. The van der Waals surface area contributed by atoms with E-state index in [-0.39, 0.29) is 11.8 Å². The highest BCUT2D eigenvalue weighted by Crippen LogP contribution is 2.46. The molecule has 0 radical (unpaired) electrons. The normalized spacial score (nSPS) is 18.6. The molecule has 0 saturated carbocycles. The molecule has 1 aliphatic carbocycles. The molecule has 1 aliphatic heterocycles. The first-order chi connectivity index (χ1) is 15.6. The van der Waals surface area contributed by atoms with Gasteiger partial charge in [0.15, 0.2) is 0 Å². The van der Waals surface area contributed by atoms with E-state index in [9.17, 15) is 9.59 Å². The molecule has 6 rings (SSSR count). The first kappa shape index (κ1) is 18.8. The number of para-hydroxylation sites is 1. The number of benzene rings is 2. The van der Waals surface area contributed by atoms with E-state index in [2.05, 4.69) is 26.7 Å². The Hall–Kier alpha value is -3.93. The van der Waals surface area contributed by atoms with Crippen LogP contribution in [-0.4, -0.2) is 28.3 Å². The average Bonchev–Trinajstić information content (AvgIpc) is 3.48. The quantitative estimate of drug-likeness (QED) is 0.470. The van der Waals surface area contributed by atoms with Crippen molar-refractivity contribution >= 4 is 28.5 Å². The Morgan fingerprint density at radius 1 is 1.06 bits per heavy atom. The Kier molecular flexibility index (Phi) is 4.15. The summed E-state index contributed by atoms with van der Waals surface area (Å²) < 4.78 is 0. The maximum absolute atomic E-state index is 12.9. The highest BCUT2D eigenvalue weighted by Gasteiger charge is 2.51. The van der Waals surface area contributed by atoms with Crippen molar-refractivity contribution in [3.8, 4) is 0 Å². The fraction of sp³-hybridized carbons (Fsp3) is 0.192. The van der Waals surface area contributed by atoms with Gasteiger partial charge in [-0.05, 0) is 60.2 Å². The van der Waals surface area contributed by atoms with Gasteiger partial charge < -0.3 is 15.6 Å². The standard InChI is InChI=1S/C26H22N4O2/c31-24(28-11-9-18-15-29-22-6-2-1-4-20(18)22)16-7-8-17-13-26(14-19(17)12-16)21-5-3-10-27-23(21)30-25(26)32/h1-8,10,12,15,29H,9,11,13-14H2,(H,28,31)(H,27,30,32). The third-order valence-electron chi connectivity index (χ3n) is 6.80. The molecule has 2 aromatic carbocycles. The van der Waals surface area contributed by atoms with Crippen molar-refractivity contribution < 1.29 is 9.59 Å². The molecule has 3 heterocycles. The number of nitrogens with zero attached hydrogens (tertiary/aromatic N) is 1. The molecular formula is C26H22N4O2. The SMILES string of the molecule is O=C(NCCc1c[nH]c2ccccc12)c1ccc2c(c1)CC1(C2)C(=O)Nc2ncccc21. The predicted molar refractivity (Wildman–Crippen MR) is 123 cm³/mol. The number of pyridine rings is 1. The van der Waals surface area contributed by atoms with Gasteiger partial charge in [0.2, 0.25) is 5.91 Å². The van der Waals surface area contributed by atoms with E-state index < -0.39 is 5.41 Å². The predicted octanol–water partition coefficient (Wildman–Crippen LogP) is 3.52. The Morgan fingerprint density at radius 2 is 1.94 bits per heavy atom. The third kappa shape index (κ3) is 2.83. The van der Waals surface area contributed by atoms with E-state index in [1.807, 2.05) is 54.7 Å². The minimum absolute atomic E-state index is 0.00729. The zero-order chi connectivity index (χ0) is 21.7. The topological polar surface area (TPSA) is 86.9 Å². The fourth-order valence-electron chi connectivity index (χ4n) is 5.16. The minimum Gasteiger partial charge on any atom is -0.361 e. The van der Waals surface area contributed by atoms with Crippen LogP contribution in [0.15, 0.2) is 67.0 Å². The van der Waals surface area contributed by atoms with Crippen LogP contribution in [-0.2, 0) is 29.5 Å². The number of rotatable bonds is 4. The number of carbonyl (C=O) groups excluding carboxylic acids is 2. The number of fused-ring (bicyclic) bond motifs is 4. The van der Waals surface area contributed by atoms with Crippen LogP contribution in [0.2, 0.25) is 0 Å². The van der Waals surface area contributed by atoms with Gasteiger partial charge >= 0.3 is 0 Å². The maximum atomic E-state index is 12.9. The lowest BCUT2D eigenvalue weighted by atomic mass is 9.79. The van der Waals surface area contributed by atoms with Crippen LogP contribution in [0.3, 0.4) is 0 Å². The second kappa shape index (κ2) is 7.05. The molecule has 0 fully saturated rings. The van der Waals surface area contributed by atoms with Crippen LogP contribution in [0.5, 0.6) is 0 Å². The number of carbonyl (C=O) groups is 2. The Bertz CT molecular complexity index is 1390. The lowest BCUT2D eigenvalue weighted by Gasteiger charge is -2.20. The van der Waals surface area contributed by atoms with Crippen LogP contribution in [0.4, 0.5) is 5.82 Å². The summed E-state index contributed by atoms with van der Waals surface area (Å²) in [6, 6.07) is 17.8. The molecule has 2 aliphatic rings. The van der Waals surface area contributed by atoms with Crippen molar-refractivity contribution in [3.05, 3.63) is 94.8 Å². The summed E-state index contributed by atoms with van der Waals surface area (Å²) >= 11 is 0. The van der Waals surface area contributed by atoms with Crippen LogP contribution in [0, 0.1) is 0 Å². The van der Waals surface area contributed by atoms with Crippen molar-refractivity contribution in [2.45, 2.75) is 24.7 Å². The van der Waals surface area contributed by atoms with E-state index in [0.717, 1.165) is 28.6 Å². The molecule has 1 atom stereocenters. The Labute approximate surface area is 185 Å². The summed E-state index contributed by atoms with van der Waals surface area (Å²) in [5.74, 6) is 0.555. The highest BCUT2D eigenvalue weighted by molar-refractivity contribution is 6.06. The highest BCUT2D eigenvalue weighted by atomic mass is 16.2. The number of aromatic nitrogens is 2. The monoisotopic (exact) mass is 422 g/mol. The van der Waals surface area contributed by atoms with Crippen molar-refractivity contribution in [3.63, 3.8) is 0 Å². The van der Waals surface area contributed by atoms with Gasteiger partial charge in [-0.1, -0.05) is 30.3 Å². The largest absolute Gasteiger partial charge is 0.361 e. The molecule has 0 saturated heterocycles. The molecule has 32 heavy (non-hydrogen) atoms. The summed E-state index contributed by atoms with van der Waals surface area (Å²) in [4.78, 5) is 33.2. The molecule has 1 unspecified atom stereocenters. The first-order valence-electron chi connectivity index (χ1n) is 10.9. The van der Waals surface area contributed by atoms with Crippen molar-refractivity contribution in [1.29, 1.82) is 0 Å². The molecule has 2 aromatic heterocycles. The van der Waals surface area contributed by atoms with Gasteiger partial charge in [0, 0.05) is 41.0 Å². The summed E-state index contributed by atoms with van der Waals surface area (Å²) in [5.41, 5.74) is 5.44. The van der Waals surface area contributed by atoms with Gasteiger partial charge in [-0.15, -0.1) is 0 Å². The van der Waals surface area contributed by atoms with Gasteiger partial charge in [-0.25, -0.2) is 4.98 Å². The number of nitrogens with one attached hydrogen (secondary N) is 3. The Morgan fingerprint density at radius 3 is 2.88 bits per heavy atom. The smallest absolute Gasteiger partial charge is 0.251 e. The van der Waals surface area contributed by atoms with E-state index >= 15 is 0 Å². The lowest BCUT2D eigenvalue weighted by Crippen LogP contribution is -2.35. The number of amides is 2. The summed E-state index contributed by atoms with van der Waals surface area (Å²) in [6.07, 6.45) is 5.68. The van der Waals surface area contributed by atoms with Gasteiger partial charge in [0.05, 0.1) is 5.41 Å².